The van der Waals surface area contributed by atoms with Gasteiger partial charge in [0.15, 0.2) is 11.6 Å². The molecule has 18 heavy (non-hydrogen) atoms. The second kappa shape index (κ2) is 4.25. The third-order valence-corrected chi connectivity index (χ3v) is 2.82. The maximum Gasteiger partial charge on any atom is 0.411 e. The number of hydrogen-bond acceptors (Lipinski definition) is 3. The molecule has 0 radical (unpaired) electrons. The number of nitrogens with zero attached hydrogens (tertiary/aromatic N) is 1. The molecule has 0 saturated heterocycles. The Balaban J connectivity index is 2.54. The molecule has 0 aromatic heterocycles. The number of halogens is 2. The number of hydrogen-bond donors (Lipinski definition) is 1. The monoisotopic (exact) mass is 257 g/mol. The number of carbonyl (C=O) groups is 2. The smallest absolute Gasteiger partial charge is 0.411 e. The van der Waals surface area contributed by atoms with Crippen LogP contribution in [0.4, 0.5) is 19.3 Å². The van der Waals surface area contributed by atoms with Crippen LogP contribution < -0.4 is 4.90 Å². The molecule has 0 spiro atoms. The zero-order valence-electron chi connectivity index (χ0n) is 9.31. The first-order valence-corrected chi connectivity index (χ1v) is 5.03. The fourth-order valence-electron chi connectivity index (χ4n) is 1.97. The third kappa shape index (κ3) is 1.77. The van der Waals surface area contributed by atoms with Gasteiger partial charge in [0.1, 0.15) is 5.92 Å². The molecule has 1 unspecified atom stereocenters. The summed E-state index contributed by atoms with van der Waals surface area (Å²) in [6, 6.07) is 1.59. The lowest BCUT2D eigenvalue weighted by molar-refractivity contribution is -0.141. The molecule has 1 amide bonds. The Bertz CT molecular complexity index is 532. The van der Waals surface area contributed by atoms with Crippen molar-refractivity contribution in [2.45, 2.75) is 5.92 Å². The third-order valence-electron chi connectivity index (χ3n) is 2.82. The summed E-state index contributed by atoms with van der Waals surface area (Å²) in [5.41, 5.74) is 0.0833. The number of amides is 1. The molecular weight excluding hydrogens is 248 g/mol. The summed E-state index contributed by atoms with van der Waals surface area (Å²) in [6.07, 6.45) is -1.34. The highest BCUT2D eigenvalue weighted by Gasteiger charge is 2.38. The van der Waals surface area contributed by atoms with E-state index in [-0.39, 0.29) is 17.8 Å². The van der Waals surface area contributed by atoms with E-state index in [0.717, 1.165) is 24.1 Å². The minimum absolute atomic E-state index is 0.0307. The largest absolute Gasteiger partial charge is 0.468 e. The molecule has 1 N–H and O–H groups in total. The average molecular weight is 257 g/mol. The van der Waals surface area contributed by atoms with Crippen molar-refractivity contribution < 1.29 is 28.2 Å². The summed E-state index contributed by atoms with van der Waals surface area (Å²) in [6.45, 7) is -0.208. The average Bonchev–Trinajstić information content (AvgIpc) is 2.68. The predicted octanol–water partition coefficient (Wildman–Crippen LogP) is 1.72. The standard InChI is InChI=1S/C11H9F2NO4/c1-18-10(15)6-4-14(11(16)17)9-3-8(13)7(12)2-5(6)9/h2-3,6H,4H2,1H3,(H,16,17). The van der Waals surface area contributed by atoms with Crippen molar-refractivity contribution in [3.8, 4) is 0 Å². The molecule has 1 aromatic carbocycles. The molecule has 1 aliphatic rings. The molecule has 1 aliphatic heterocycles. The van der Waals surface area contributed by atoms with E-state index in [0.29, 0.717) is 0 Å². The van der Waals surface area contributed by atoms with Crippen molar-refractivity contribution in [1.82, 2.24) is 0 Å². The minimum Gasteiger partial charge on any atom is -0.468 e. The molecule has 2 rings (SSSR count). The molecule has 0 saturated carbocycles. The Labute approximate surface area is 101 Å². The summed E-state index contributed by atoms with van der Waals surface area (Å²) in [5.74, 6) is -3.91. The van der Waals surface area contributed by atoms with E-state index in [9.17, 15) is 18.4 Å². The molecule has 1 atom stereocenters. The number of carbonyl (C=O) groups excluding carboxylic acids is 1. The van der Waals surface area contributed by atoms with Crippen LogP contribution in [0.5, 0.6) is 0 Å². The quantitative estimate of drug-likeness (QED) is 0.778. The first-order chi connectivity index (χ1) is 8.45. The maximum absolute atomic E-state index is 13.1. The highest BCUT2D eigenvalue weighted by atomic mass is 19.2. The van der Waals surface area contributed by atoms with Crippen LogP contribution in [0.15, 0.2) is 12.1 Å². The van der Waals surface area contributed by atoms with Crippen molar-refractivity contribution in [1.29, 1.82) is 0 Å². The Hall–Kier alpha value is -2.18. The molecule has 5 nitrogen and oxygen atoms in total. The Kier molecular flexibility index (Phi) is 2.90. The highest BCUT2D eigenvalue weighted by Crippen LogP contribution is 2.38. The molecule has 0 aliphatic carbocycles. The molecule has 0 bridgehead atoms. The van der Waals surface area contributed by atoms with Gasteiger partial charge >= 0.3 is 12.1 Å². The fraction of sp³-hybridized carbons (Fsp3) is 0.273. The van der Waals surface area contributed by atoms with E-state index >= 15 is 0 Å². The molecule has 7 heteroatoms. The summed E-state index contributed by atoms with van der Waals surface area (Å²) < 4.78 is 30.8. The first kappa shape index (κ1) is 12.3. The van der Waals surface area contributed by atoms with E-state index in [1.807, 2.05) is 0 Å². The van der Waals surface area contributed by atoms with E-state index in [1.165, 1.54) is 0 Å². The number of benzene rings is 1. The van der Waals surface area contributed by atoms with Gasteiger partial charge in [-0.25, -0.2) is 13.6 Å². The molecule has 1 aromatic rings. The number of carboxylic acid groups (broad SMARTS) is 1. The number of anilines is 1. The minimum atomic E-state index is -1.34. The molecule has 1 heterocycles. The number of esters is 1. The van der Waals surface area contributed by atoms with E-state index in [1.54, 1.807) is 0 Å². The van der Waals surface area contributed by atoms with Crippen molar-refractivity contribution in [2.75, 3.05) is 18.6 Å². The zero-order valence-corrected chi connectivity index (χ0v) is 9.31. The van der Waals surface area contributed by atoms with Crippen LogP contribution in [0.3, 0.4) is 0 Å². The lowest BCUT2D eigenvalue weighted by atomic mass is 10.0. The van der Waals surface area contributed by atoms with Gasteiger partial charge in [0.2, 0.25) is 0 Å². The van der Waals surface area contributed by atoms with Crippen LogP contribution in [0.1, 0.15) is 11.5 Å². The molecular formula is C11H9F2NO4. The van der Waals surface area contributed by atoms with Crippen LogP contribution in [0.2, 0.25) is 0 Å². The van der Waals surface area contributed by atoms with Crippen molar-refractivity contribution in [3.05, 3.63) is 29.3 Å². The Morgan fingerprint density at radius 3 is 2.56 bits per heavy atom. The van der Waals surface area contributed by atoms with Gasteiger partial charge in [-0.3, -0.25) is 9.69 Å². The van der Waals surface area contributed by atoms with Crippen molar-refractivity contribution in [2.24, 2.45) is 0 Å². The number of ether oxygens (including phenoxy) is 1. The van der Waals surface area contributed by atoms with Crippen LogP contribution in [0.25, 0.3) is 0 Å². The van der Waals surface area contributed by atoms with Gasteiger partial charge in [0.05, 0.1) is 12.8 Å². The number of methoxy groups -OCH3 is 1. The zero-order chi connectivity index (χ0) is 13.4. The Morgan fingerprint density at radius 2 is 2.00 bits per heavy atom. The SMILES string of the molecule is COC(=O)C1CN(C(=O)O)c2cc(F)c(F)cc21. The summed E-state index contributed by atoms with van der Waals surface area (Å²) in [4.78, 5) is 23.2. The second-order valence-electron chi connectivity index (χ2n) is 3.79. The van der Waals surface area contributed by atoms with E-state index in [2.05, 4.69) is 4.74 Å². The normalized spacial score (nSPS) is 17.5. The lowest BCUT2D eigenvalue weighted by Crippen LogP contribution is -2.29. The lowest BCUT2D eigenvalue weighted by Gasteiger charge is -2.12. The summed E-state index contributed by atoms with van der Waals surface area (Å²) in [7, 11) is 1.14. The Morgan fingerprint density at radius 1 is 1.39 bits per heavy atom. The van der Waals surface area contributed by atoms with Gasteiger partial charge in [0, 0.05) is 12.6 Å². The van der Waals surface area contributed by atoms with E-state index in [4.69, 9.17) is 5.11 Å². The van der Waals surface area contributed by atoms with Crippen LogP contribution in [-0.4, -0.2) is 30.8 Å². The summed E-state index contributed by atoms with van der Waals surface area (Å²) in [5, 5.41) is 8.95. The van der Waals surface area contributed by atoms with Crippen LogP contribution in [0, 0.1) is 11.6 Å². The highest BCUT2D eigenvalue weighted by molar-refractivity contribution is 5.94. The fourth-order valence-corrected chi connectivity index (χ4v) is 1.97. The van der Waals surface area contributed by atoms with Crippen molar-refractivity contribution in [3.63, 3.8) is 0 Å². The van der Waals surface area contributed by atoms with Gasteiger partial charge < -0.3 is 9.84 Å². The number of fused-ring (bicyclic) bond motifs is 1. The molecule has 96 valence electrons. The van der Waals surface area contributed by atoms with Crippen LogP contribution >= 0.6 is 0 Å². The van der Waals surface area contributed by atoms with Gasteiger partial charge in [-0.2, -0.15) is 0 Å². The second-order valence-corrected chi connectivity index (χ2v) is 3.79. The maximum atomic E-state index is 13.1. The topological polar surface area (TPSA) is 66.8 Å². The molecule has 0 fully saturated rings. The summed E-state index contributed by atoms with van der Waals surface area (Å²) >= 11 is 0. The first-order valence-electron chi connectivity index (χ1n) is 5.03. The van der Waals surface area contributed by atoms with Gasteiger partial charge in [-0.1, -0.05) is 0 Å². The van der Waals surface area contributed by atoms with Gasteiger partial charge in [-0.15, -0.1) is 0 Å². The van der Waals surface area contributed by atoms with Crippen molar-refractivity contribution >= 4 is 17.7 Å². The van der Waals surface area contributed by atoms with E-state index < -0.39 is 29.6 Å². The van der Waals surface area contributed by atoms with Crippen LogP contribution in [-0.2, 0) is 9.53 Å². The predicted molar refractivity (Wildman–Crippen MR) is 56.5 cm³/mol. The van der Waals surface area contributed by atoms with Gasteiger partial charge in [-0.05, 0) is 11.6 Å². The van der Waals surface area contributed by atoms with Gasteiger partial charge in [0.25, 0.3) is 0 Å². The number of rotatable bonds is 1.